The normalized spacial score (nSPS) is 10.3. The van der Waals surface area contributed by atoms with Gasteiger partial charge in [0.25, 0.3) is 0 Å². The maximum atomic E-state index is 11.0. The molecule has 0 aliphatic heterocycles. The van der Waals surface area contributed by atoms with Crippen LogP contribution >= 0.6 is 15.9 Å². The van der Waals surface area contributed by atoms with Gasteiger partial charge in [0.2, 0.25) is 5.88 Å². The van der Waals surface area contributed by atoms with Gasteiger partial charge in [-0.2, -0.15) is 4.98 Å². The Labute approximate surface area is 118 Å². The maximum absolute atomic E-state index is 11.0. The number of ether oxygens (including phenoxy) is 1. The number of nitrogens with zero attached hydrogens (tertiary/aromatic N) is 2. The fourth-order valence-electron chi connectivity index (χ4n) is 1.59. The van der Waals surface area contributed by atoms with Crippen molar-refractivity contribution >= 4 is 21.9 Å². The minimum Gasteiger partial charge on any atom is -0.481 e. The first-order valence-electron chi connectivity index (χ1n) is 5.44. The van der Waals surface area contributed by atoms with Gasteiger partial charge in [0, 0.05) is 16.1 Å². The van der Waals surface area contributed by atoms with Gasteiger partial charge < -0.3 is 9.84 Å². The summed E-state index contributed by atoms with van der Waals surface area (Å²) in [7, 11) is 1.44. The summed E-state index contributed by atoms with van der Waals surface area (Å²) in [5, 5.41) is 9.04. The van der Waals surface area contributed by atoms with Crippen LogP contribution < -0.4 is 4.74 Å². The van der Waals surface area contributed by atoms with E-state index in [-0.39, 0.29) is 11.6 Å². The Morgan fingerprint density at radius 2 is 2.05 bits per heavy atom. The molecule has 0 saturated carbocycles. The van der Waals surface area contributed by atoms with Crippen LogP contribution in [0.2, 0.25) is 0 Å². The molecule has 0 spiro atoms. The molecule has 0 fully saturated rings. The lowest BCUT2D eigenvalue weighted by Gasteiger charge is -2.08. The zero-order chi connectivity index (χ0) is 14.0. The Bertz CT molecular complexity index is 644. The molecular weight excluding hydrogens is 312 g/mol. The number of benzene rings is 1. The number of aromatic nitrogens is 2. The van der Waals surface area contributed by atoms with Gasteiger partial charge in [-0.15, -0.1) is 0 Å². The molecule has 1 aromatic heterocycles. The highest BCUT2D eigenvalue weighted by Crippen LogP contribution is 2.25. The number of rotatable bonds is 3. The van der Waals surface area contributed by atoms with Gasteiger partial charge in [0.1, 0.15) is 0 Å². The summed E-state index contributed by atoms with van der Waals surface area (Å²) in [5.74, 6) is -0.563. The van der Waals surface area contributed by atoms with E-state index < -0.39 is 5.97 Å². The lowest BCUT2D eigenvalue weighted by molar-refractivity contribution is 0.0690. The lowest BCUT2D eigenvalue weighted by atomic mass is 10.1. The van der Waals surface area contributed by atoms with Gasteiger partial charge in [0.05, 0.1) is 7.11 Å². The standard InChI is InChI=1S/C13H11BrN2O3/c1-7-3-4-8(14)5-9(7)12-15-10(13(17)18)6-11(16-12)19-2/h3-6H,1-2H3,(H,17,18). The van der Waals surface area contributed by atoms with Crippen molar-refractivity contribution in [2.24, 2.45) is 0 Å². The highest BCUT2D eigenvalue weighted by atomic mass is 79.9. The monoisotopic (exact) mass is 322 g/mol. The molecule has 1 aromatic carbocycles. The van der Waals surface area contributed by atoms with Crippen LogP contribution in [0.4, 0.5) is 0 Å². The van der Waals surface area contributed by atoms with Crippen molar-refractivity contribution < 1.29 is 14.6 Å². The van der Waals surface area contributed by atoms with Gasteiger partial charge in [0.15, 0.2) is 11.5 Å². The quantitative estimate of drug-likeness (QED) is 0.940. The van der Waals surface area contributed by atoms with Crippen LogP contribution in [0.25, 0.3) is 11.4 Å². The van der Waals surface area contributed by atoms with E-state index in [4.69, 9.17) is 9.84 Å². The fraction of sp³-hybridized carbons (Fsp3) is 0.154. The van der Waals surface area contributed by atoms with Crippen LogP contribution in [-0.4, -0.2) is 28.2 Å². The summed E-state index contributed by atoms with van der Waals surface area (Å²) < 4.78 is 5.88. The van der Waals surface area contributed by atoms with Crippen molar-refractivity contribution in [1.29, 1.82) is 0 Å². The van der Waals surface area contributed by atoms with Crippen LogP contribution in [0.1, 0.15) is 16.1 Å². The van der Waals surface area contributed by atoms with E-state index in [2.05, 4.69) is 25.9 Å². The molecule has 0 aliphatic carbocycles. The second kappa shape index (κ2) is 5.36. The molecule has 0 radical (unpaired) electrons. The van der Waals surface area contributed by atoms with Gasteiger partial charge in [-0.3, -0.25) is 0 Å². The molecule has 19 heavy (non-hydrogen) atoms. The van der Waals surface area contributed by atoms with Crippen molar-refractivity contribution in [1.82, 2.24) is 9.97 Å². The Hall–Kier alpha value is -1.95. The predicted octanol–water partition coefficient (Wildman–Crippen LogP) is 2.92. The molecule has 2 aromatic rings. The Morgan fingerprint density at radius 1 is 1.32 bits per heavy atom. The molecule has 5 nitrogen and oxygen atoms in total. The number of hydrogen-bond donors (Lipinski definition) is 1. The lowest BCUT2D eigenvalue weighted by Crippen LogP contribution is -2.05. The van der Waals surface area contributed by atoms with Crippen molar-refractivity contribution in [3.63, 3.8) is 0 Å². The number of carboxylic acid groups (broad SMARTS) is 1. The van der Waals surface area contributed by atoms with Crippen molar-refractivity contribution in [3.05, 3.63) is 40.0 Å². The molecule has 0 bridgehead atoms. The van der Waals surface area contributed by atoms with E-state index >= 15 is 0 Å². The van der Waals surface area contributed by atoms with E-state index in [0.717, 1.165) is 15.6 Å². The molecule has 0 amide bonds. The van der Waals surface area contributed by atoms with Crippen LogP contribution in [0.3, 0.4) is 0 Å². The molecule has 6 heteroatoms. The number of aryl methyl sites for hydroxylation is 1. The Morgan fingerprint density at radius 3 is 2.68 bits per heavy atom. The Kier molecular flexibility index (Phi) is 3.80. The van der Waals surface area contributed by atoms with Crippen LogP contribution in [0.15, 0.2) is 28.7 Å². The molecular formula is C13H11BrN2O3. The summed E-state index contributed by atoms with van der Waals surface area (Å²) in [6.45, 7) is 1.91. The summed E-state index contributed by atoms with van der Waals surface area (Å²) in [5.41, 5.74) is 1.62. The molecule has 1 N–H and O–H groups in total. The number of carboxylic acids is 1. The first-order chi connectivity index (χ1) is 9.01. The van der Waals surface area contributed by atoms with Crippen LogP contribution in [0, 0.1) is 6.92 Å². The number of aromatic carboxylic acids is 1. The van der Waals surface area contributed by atoms with Gasteiger partial charge in [-0.05, 0) is 24.6 Å². The molecule has 0 atom stereocenters. The van der Waals surface area contributed by atoms with E-state index in [9.17, 15) is 4.79 Å². The number of carbonyl (C=O) groups is 1. The summed E-state index contributed by atoms with van der Waals surface area (Å²) in [4.78, 5) is 19.3. The summed E-state index contributed by atoms with van der Waals surface area (Å²) >= 11 is 3.37. The smallest absolute Gasteiger partial charge is 0.354 e. The summed E-state index contributed by atoms with van der Waals surface area (Å²) in [6.07, 6.45) is 0. The second-order valence-corrected chi connectivity index (χ2v) is 4.80. The largest absolute Gasteiger partial charge is 0.481 e. The Balaban J connectivity index is 2.64. The number of halogens is 1. The minimum atomic E-state index is -1.12. The zero-order valence-electron chi connectivity index (χ0n) is 10.3. The third-order valence-corrected chi connectivity index (χ3v) is 3.06. The molecule has 98 valence electrons. The third-order valence-electron chi connectivity index (χ3n) is 2.57. The zero-order valence-corrected chi connectivity index (χ0v) is 11.9. The number of hydrogen-bond acceptors (Lipinski definition) is 4. The highest BCUT2D eigenvalue weighted by Gasteiger charge is 2.13. The van der Waals surface area contributed by atoms with E-state index in [0.29, 0.717) is 5.82 Å². The molecule has 0 aliphatic rings. The first kappa shape index (κ1) is 13.5. The van der Waals surface area contributed by atoms with E-state index in [1.807, 2.05) is 25.1 Å². The number of methoxy groups -OCH3 is 1. The minimum absolute atomic E-state index is 0.0961. The van der Waals surface area contributed by atoms with E-state index in [1.54, 1.807) is 0 Å². The predicted molar refractivity (Wildman–Crippen MR) is 73.4 cm³/mol. The second-order valence-electron chi connectivity index (χ2n) is 3.88. The average Bonchev–Trinajstić information content (AvgIpc) is 2.40. The fourth-order valence-corrected chi connectivity index (χ4v) is 1.96. The molecule has 2 rings (SSSR count). The van der Waals surface area contributed by atoms with E-state index in [1.165, 1.54) is 13.2 Å². The van der Waals surface area contributed by atoms with Gasteiger partial charge >= 0.3 is 5.97 Å². The highest BCUT2D eigenvalue weighted by molar-refractivity contribution is 9.10. The molecule has 1 heterocycles. The molecule has 0 unspecified atom stereocenters. The van der Waals surface area contributed by atoms with Crippen molar-refractivity contribution in [2.75, 3.05) is 7.11 Å². The van der Waals surface area contributed by atoms with Crippen LogP contribution in [0.5, 0.6) is 5.88 Å². The van der Waals surface area contributed by atoms with Crippen molar-refractivity contribution in [2.45, 2.75) is 6.92 Å². The molecule has 0 saturated heterocycles. The summed E-state index contributed by atoms with van der Waals surface area (Å²) in [6, 6.07) is 6.94. The van der Waals surface area contributed by atoms with Gasteiger partial charge in [-0.1, -0.05) is 22.0 Å². The SMILES string of the molecule is COc1cc(C(=O)O)nc(-c2cc(Br)ccc2C)n1. The average molecular weight is 323 g/mol. The third kappa shape index (κ3) is 2.90. The van der Waals surface area contributed by atoms with Crippen LogP contribution in [-0.2, 0) is 0 Å². The van der Waals surface area contributed by atoms with Crippen molar-refractivity contribution in [3.8, 4) is 17.3 Å². The topological polar surface area (TPSA) is 72.3 Å². The first-order valence-corrected chi connectivity index (χ1v) is 6.23. The maximum Gasteiger partial charge on any atom is 0.354 e. The van der Waals surface area contributed by atoms with Gasteiger partial charge in [-0.25, -0.2) is 9.78 Å².